The Labute approximate surface area is 130 Å². The Kier molecular flexibility index (Phi) is 5.87. The van der Waals surface area contributed by atoms with E-state index in [1.807, 2.05) is 0 Å². The van der Waals surface area contributed by atoms with Gasteiger partial charge in [-0.3, -0.25) is 9.79 Å². The van der Waals surface area contributed by atoms with E-state index in [0.717, 1.165) is 13.1 Å². The summed E-state index contributed by atoms with van der Waals surface area (Å²) in [5.41, 5.74) is 6.53. The molecule has 1 heterocycles. The molecule has 1 aromatic rings. The van der Waals surface area contributed by atoms with E-state index in [2.05, 4.69) is 15.2 Å². The van der Waals surface area contributed by atoms with E-state index in [1.165, 1.54) is 19.3 Å². The van der Waals surface area contributed by atoms with Crippen LogP contribution in [-0.4, -0.2) is 42.9 Å². The predicted molar refractivity (Wildman–Crippen MR) is 85.7 cm³/mol. The molecule has 1 aliphatic rings. The molecule has 0 aromatic heterocycles. The van der Waals surface area contributed by atoms with Crippen LogP contribution in [0.5, 0.6) is 0 Å². The average molecular weight is 309 g/mol. The minimum atomic E-state index is -0.126. The number of nitrogens with two attached hydrogens (primary N) is 1. The summed E-state index contributed by atoms with van der Waals surface area (Å²) in [7, 11) is 0. The Bertz CT molecular complexity index is 495. The molecule has 0 atom stereocenters. The molecule has 0 radical (unpaired) electrons. The number of benzene rings is 1. The summed E-state index contributed by atoms with van der Waals surface area (Å²) >= 11 is 5.78. The lowest BCUT2D eigenvalue weighted by molar-refractivity contribution is 0.0955. The van der Waals surface area contributed by atoms with Gasteiger partial charge in [-0.05, 0) is 43.5 Å². The third-order valence-electron chi connectivity index (χ3n) is 3.46. The number of carbonyl (C=O) groups excluding carboxylic acids is 1. The maximum atomic E-state index is 11.9. The molecule has 5 nitrogen and oxygen atoms in total. The molecule has 1 saturated heterocycles. The van der Waals surface area contributed by atoms with E-state index in [4.69, 9.17) is 17.3 Å². The molecule has 2 rings (SSSR count). The quantitative estimate of drug-likeness (QED) is 0.507. The van der Waals surface area contributed by atoms with E-state index in [9.17, 15) is 4.79 Å². The normalized spacial score (nSPS) is 15.9. The van der Waals surface area contributed by atoms with Gasteiger partial charge in [-0.15, -0.1) is 0 Å². The molecule has 6 heteroatoms. The Morgan fingerprint density at radius 3 is 2.57 bits per heavy atom. The molecule has 21 heavy (non-hydrogen) atoms. The molecular weight excluding hydrogens is 288 g/mol. The second-order valence-corrected chi connectivity index (χ2v) is 5.49. The van der Waals surface area contributed by atoms with Crippen molar-refractivity contribution in [2.24, 2.45) is 10.7 Å². The lowest BCUT2D eigenvalue weighted by Gasteiger charge is -2.27. The number of amides is 1. The number of guanidine groups is 1. The number of hydrogen-bond acceptors (Lipinski definition) is 2. The van der Waals surface area contributed by atoms with Crippen molar-refractivity contribution in [1.29, 1.82) is 0 Å². The topological polar surface area (TPSA) is 70.7 Å². The van der Waals surface area contributed by atoms with Crippen LogP contribution in [0.1, 0.15) is 29.6 Å². The van der Waals surface area contributed by atoms with Crippen molar-refractivity contribution in [2.75, 3.05) is 26.2 Å². The highest BCUT2D eigenvalue weighted by atomic mass is 35.5. The van der Waals surface area contributed by atoms with Crippen LogP contribution in [-0.2, 0) is 0 Å². The van der Waals surface area contributed by atoms with Crippen molar-refractivity contribution in [3.05, 3.63) is 34.9 Å². The van der Waals surface area contributed by atoms with Gasteiger partial charge < -0.3 is 16.0 Å². The second-order valence-electron chi connectivity index (χ2n) is 5.05. The number of aliphatic imine (C=N–C) groups is 1. The monoisotopic (exact) mass is 308 g/mol. The predicted octanol–water partition coefficient (Wildman–Crippen LogP) is 1.87. The number of halogens is 1. The average Bonchev–Trinajstić information content (AvgIpc) is 2.52. The van der Waals surface area contributed by atoms with E-state index >= 15 is 0 Å². The van der Waals surface area contributed by atoms with Crippen LogP contribution in [0.4, 0.5) is 0 Å². The van der Waals surface area contributed by atoms with E-state index in [0.29, 0.717) is 29.6 Å². The summed E-state index contributed by atoms with van der Waals surface area (Å²) in [6.45, 7) is 2.91. The highest BCUT2D eigenvalue weighted by molar-refractivity contribution is 6.30. The Balaban J connectivity index is 1.73. The molecule has 0 saturated carbocycles. The first-order valence-electron chi connectivity index (χ1n) is 7.25. The highest BCUT2D eigenvalue weighted by Crippen LogP contribution is 2.09. The SMILES string of the molecule is NC(=NCCNC(=O)c1ccc(Cl)cc1)N1CCCCC1. The number of nitrogens with one attached hydrogen (secondary N) is 1. The van der Waals surface area contributed by atoms with Gasteiger partial charge >= 0.3 is 0 Å². The summed E-state index contributed by atoms with van der Waals surface area (Å²) in [5, 5.41) is 3.43. The van der Waals surface area contributed by atoms with E-state index in [1.54, 1.807) is 24.3 Å². The smallest absolute Gasteiger partial charge is 0.251 e. The van der Waals surface area contributed by atoms with Crippen LogP contribution in [0.15, 0.2) is 29.3 Å². The van der Waals surface area contributed by atoms with Gasteiger partial charge in [-0.2, -0.15) is 0 Å². The van der Waals surface area contributed by atoms with Crippen molar-refractivity contribution in [3.8, 4) is 0 Å². The van der Waals surface area contributed by atoms with Gasteiger partial charge in [-0.25, -0.2) is 0 Å². The van der Waals surface area contributed by atoms with Crippen LogP contribution in [0.25, 0.3) is 0 Å². The van der Waals surface area contributed by atoms with Gasteiger partial charge in [0, 0.05) is 30.2 Å². The molecule has 114 valence electrons. The summed E-state index contributed by atoms with van der Waals surface area (Å²) < 4.78 is 0. The van der Waals surface area contributed by atoms with Crippen LogP contribution in [0.3, 0.4) is 0 Å². The number of rotatable bonds is 4. The largest absolute Gasteiger partial charge is 0.370 e. The first-order valence-corrected chi connectivity index (χ1v) is 7.63. The van der Waals surface area contributed by atoms with E-state index < -0.39 is 0 Å². The molecule has 3 N–H and O–H groups in total. The first-order chi connectivity index (χ1) is 10.2. The van der Waals surface area contributed by atoms with Crippen LogP contribution in [0, 0.1) is 0 Å². The summed E-state index contributed by atoms with van der Waals surface area (Å²) in [4.78, 5) is 18.3. The van der Waals surface area contributed by atoms with Crippen LogP contribution >= 0.6 is 11.6 Å². The summed E-state index contributed by atoms with van der Waals surface area (Å²) in [6, 6.07) is 6.79. The third kappa shape index (κ3) is 4.93. The van der Waals surface area contributed by atoms with Gasteiger partial charge in [0.25, 0.3) is 5.91 Å². The van der Waals surface area contributed by atoms with Crippen molar-refractivity contribution < 1.29 is 4.79 Å². The number of nitrogens with zero attached hydrogens (tertiary/aromatic N) is 2. The van der Waals surface area contributed by atoms with Gasteiger partial charge in [0.05, 0.1) is 6.54 Å². The molecule has 0 bridgehead atoms. The maximum absolute atomic E-state index is 11.9. The minimum absolute atomic E-state index is 0.126. The van der Waals surface area contributed by atoms with Crippen molar-refractivity contribution in [1.82, 2.24) is 10.2 Å². The third-order valence-corrected chi connectivity index (χ3v) is 3.71. The molecule has 0 unspecified atom stereocenters. The lowest BCUT2D eigenvalue weighted by Crippen LogP contribution is -2.41. The maximum Gasteiger partial charge on any atom is 0.251 e. The second kappa shape index (κ2) is 7.88. The fourth-order valence-corrected chi connectivity index (χ4v) is 2.39. The number of piperidine rings is 1. The zero-order valence-corrected chi connectivity index (χ0v) is 12.8. The van der Waals surface area contributed by atoms with Crippen LogP contribution in [0.2, 0.25) is 5.02 Å². The standard InChI is InChI=1S/C15H21ClN4O/c16-13-6-4-12(5-7-13)14(21)18-8-9-19-15(17)20-10-2-1-3-11-20/h4-7H,1-3,8-11H2,(H2,17,19)(H,18,21). The zero-order valence-electron chi connectivity index (χ0n) is 12.0. The summed E-state index contributed by atoms with van der Waals surface area (Å²) in [6.07, 6.45) is 3.61. The highest BCUT2D eigenvalue weighted by Gasteiger charge is 2.11. The molecule has 1 aliphatic heterocycles. The first kappa shape index (κ1) is 15.6. The Hall–Kier alpha value is -1.75. The van der Waals surface area contributed by atoms with Gasteiger partial charge in [-0.1, -0.05) is 11.6 Å². The number of likely N-dealkylation sites (tertiary alicyclic amines) is 1. The molecule has 0 aliphatic carbocycles. The zero-order chi connectivity index (χ0) is 15.1. The fourth-order valence-electron chi connectivity index (χ4n) is 2.27. The van der Waals surface area contributed by atoms with Crippen molar-refractivity contribution in [3.63, 3.8) is 0 Å². The lowest BCUT2D eigenvalue weighted by atomic mass is 10.1. The number of carbonyl (C=O) groups is 1. The minimum Gasteiger partial charge on any atom is -0.370 e. The summed E-state index contributed by atoms with van der Waals surface area (Å²) in [5.74, 6) is 0.453. The molecule has 0 spiro atoms. The van der Waals surface area contributed by atoms with Gasteiger partial charge in [0.1, 0.15) is 0 Å². The van der Waals surface area contributed by atoms with E-state index in [-0.39, 0.29) is 5.91 Å². The molecular formula is C15H21ClN4O. The Morgan fingerprint density at radius 2 is 1.90 bits per heavy atom. The van der Waals surface area contributed by atoms with Crippen LogP contribution < -0.4 is 11.1 Å². The van der Waals surface area contributed by atoms with Gasteiger partial charge in [0.2, 0.25) is 0 Å². The fraction of sp³-hybridized carbons (Fsp3) is 0.467. The number of hydrogen-bond donors (Lipinski definition) is 2. The molecule has 1 fully saturated rings. The van der Waals surface area contributed by atoms with Crippen molar-refractivity contribution in [2.45, 2.75) is 19.3 Å². The molecule has 1 aromatic carbocycles. The van der Waals surface area contributed by atoms with Gasteiger partial charge in [0.15, 0.2) is 5.96 Å². The Morgan fingerprint density at radius 1 is 1.24 bits per heavy atom. The molecule has 1 amide bonds. The van der Waals surface area contributed by atoms with Crippen molar-refractivity contribution >= 4 is 23.5 Å².